The number of hydrogen-bond donors (Lipinski definition) is 1. The Balaban J connectivity index is 2.50. The zero-order chi connectivity index (χ0) is 26.2. The predicted molar refractivity (Wildman–Crippen MR) is 137 cm³/mol. The second-order valence-electron chi connectivity index (χ2n) is 10.6. The number of likely N-dealkylation sites (tertiary alicyclic amines) is 1. The van der Waals surface area contributed by atoms with Crippen molar-refractivity contribution in [2.75, 3.05) is 13.2 Å². The quantitative estimate of drug-likeness (QED) is 0.472. The highest BCUT2D eigenvalue weighted by molar-refractivity contribution is 5.80. The number of ether oxygens (including phenoxy) is 2. The molecular weight excluding hydrogens is 444 g/mol. The lowest BCUT2D eigenvalue weighted by molar-refractivity contribution is -0.161. The van der Waals surface area contributed by atoms with Crippen LogP contribution in [0, 0.1) is 11.8 Å². The summed E-state index contributed by atoms with van der Waals surface area (Å²) in [6, 6.07) is 9.45. The number of nitrogens with one attached hydrogen (secondary N) is 1. The van der Waals surface area contributed by atoms with Gasteiger partial charge in [0.1, 0.15) is 11.6 Å². The van der Waals surface area contributed by atoms with Gasteiger partial charge < -0.3 is 14.8 Å². The molecule has 7 heteroatoms. The molecule has 0 aromatic heterocycles. The number of benzene rings is 1. The Morgan fingerprint density at radius 3 is 2.31 bits per heavy atom. The molecule has 1 heterocycles. The fraction of sp³-hybridized carbons (Fsp3) is 0.679. The summed E-state index contributed by atoms with van der Waals surface area (Å²) in [5.41, 5.74) is 0.516. The van der Waals surface area contributed by atoms with E-state index in [9.17, 15) is 14.4 Å². The van der Waals surface area contributed by atoms with Crippen molar-refractivity contribution in [3.63, 3.8) is 0 Å². The molecule has 1 fully saturated rings. The molecule has 7 nitrogen and oxygen atoms in total. The highest BCUT2D eigenvalue weighted by atomic mass is 16.6. The third-order valence-electron chi connectivity index (χ3n) is 6.54. The number of amides is 1. The Bertz CT molecular complexity index is 835. The molecular formula is C28H44N2O5. The summed E-state index contributed by atoms with van der Waals surface area (Å²) in [6.45, 7) is 13.8. The normalized spacial score (nSPS) is 21.1. The molecule has 1 amide bonds. The first kappa shape index (κ1) is 28.8. The second kappa shape index (κ2) is 13.1. The fourth-order valence-corrected chi connectivity index (χ4v) is 5.17. The van der Waals surface area contributed by atoms with E-state index in [0.29, 0.717) is 26.0 Å². The number of esters is 2. The van der Waals surface area contributed by atoms with Crippen molar-refractivity contribution in [2.24, 2.45) is 11.8 Å². The third-order valence-corrected chi connectivity index (χ3v) is 6.54. The van der Waals surface area contributed by atoms with Crippen LogP contribution in [0.5, 0.6) is 0 Å². The van der Waals surface area contributed by atoms with Crippen molar-refractivity contribution in [1.29, 1.82) is 0 Å². The van der Waals surface area contributed by atoms with E-state index >= 15 is 0 Å². The molecule has 1 aromatic carbocycles. The Labute approximate surface area is 210 Å². The monoisotopic (exact) mass is 488 g/mol. The lowest BCUT2D eigenvalue weighted by Crippen LogP contribution is -2.54. The molecule has 0 bridgehead atoms. The third kappa shape index (κ3) is 8.64. The number of carbonyl (C=O) groups excluding carboxylic acids is 3. The Hall–Kier alpha value is -2.41. The van der Waals surface area contributed by atoms with E-state index in [1.807, 2.05) is 45.9 Å². The molecule has 3 unspecified atom stereocenters. The first-order chi connectivity index (χ1) is 16.5. The molecule has 1 aliphatic rings. The largest absolute Gasteiger partial charge is 0.466 e. The number of nitrogens with zero attached hydrogens (tertiary/aromatic N) is 1. The van der Waals surface area contributed by atoms with Gasteiger partial charge in [-0.05, 0) is 65.4 Å². The van der Waals surface area contributed by atoms with Crippen LogP contribution in [0.1, 0.15) is 73.3 Å². The topological polar surface area (TPSA) is 84.9 Å². The average molecular weight is 489 g/mol. The molecule has 1 N–H and O–H groups in total. The Kier molecular flexibility index (Phi) is 10.7. The van der Waals surface area contributed by atoms with E-state index in [1.165, 1.54) is 6.92 Å². The summed E-state index contributed by atoms with van der Waals surface area (Å²) in [7, 11) is 0. The van der Waals surface area contributed by atoms with E-state index in [0.717, 1.165) is 18.4 Å². The lowest BCUT2D eigenvalue weighted by Gasteiger charge is -2.41. The van der Waals surface area contributed by atoms with Crippen molar-refractivity contribution < 1.29 is 23.9 Å². The van der Waals surface area contributed by atoms with Crippen molar-refractivity contribution in [1.82, 2.24) is 10.2 Å². The fourth-order valence-electron chi connectivity index (χ4n) is 5.17. The average Bonchev–Trinajstić information content (AvgIpc) is 3.21. The van der Waals surface area contributed by atoms with Gasteiger partial charge in [0.05, 0.1) is 12.5 Å². The summed E-state index contributed by atoms with van der Waals surface area (Å²) < 4.78 is 11.1. The molecule has 0 aliphatic carbocycles. The maximum absolute atomic E-state index is 13.4. The van der Waals surface area contributed by atoms with Gasteiger partial charge in [0.25, 0.3) is 0 Å². The molecule has 1 aromatic rings. The van der Waals surface area contributed by atoms with Crippen LogP contribution in [0.4, 0.5) is 0 Å². The molecule has 0 radical (unpaired) electrons. The standard InChI is InChI=1S/C28H44N2O5/c1-8-13-23(19(3)29-20(4)31)24(16-21-14-11-10-12-15-21)30-18-22(26(32)34-9-2)17-25(30)27(33)35-28(5,6)7/h10-12,14-15,19,22-25H,8-9,13,16-18H2,1-7H3,(H,29,31)/t19?,22?,23-,24-,25?/m0/s1. The van der Waals surface area contributed by atoms with Gasteiger partial charge in [-0.1, -0.05) is 43.7 Å². The molecule has 196 valence electrons. The first-order valence-corrected chi connectivity index (χ1v) is 12.9. The minimum absolute atomic E-state index is 0.0730. The van der Waals surface area contributed by atoms with Crippen LogP contribution in [0.2, 0.25) is 0 Å². The molecule has 1 aliphatic heterocycles. The van der Waals surface area contributed by atoms with Crippen molar-refractivity contribution >= 4 is 17.8 Å². The van der Waals surface area contributed by atoms with E-state index in [4.69, 9.17) is 9.47 Å². The van der Waals surface area contributed by atoms with E-state index < -0.39 is 17.6 Å². The highest BCUT2D eigenvalue weighted by Gasteiger charge is 2.47. The number of rotatable bonds is 11. The van der Waals surface area contributed by atoms with Gasteiger partial charge in [-0.25, -0.2) is 0 Å². The number of hydrogen-bond acceptors (Lipinski definition) is 6. The van der Waals surface area contributed by atoms with Crippen LogP contribution in [0.25, 0.3) is 0 Å². The van der Waals surface area contributed by atoms with Gasteiger partial charge >= 0.3 is 11.9 Å². The molecule has 0 spiro atoms. The maximum Gasteiger partial charge on any atom is 0.323 e. The van der Waals surface area contributed by atoms with Gasteiger partial charge in [0, 0.05) is 25.6 Å². The van der Waals surface area contributed by atoms with E-state index in [-0.39, 0.29) is 35.8 Å². The molecule has 35 heavy (non-hydrogen) atoms. The number of carbonyl (C=O) groups is 3. The van der Waals surface area contributed by atoms with E-state index in [1.54, 1.807) is 6.92 Å². The van der Waals surface area contributed by atoms with Gasteiger partial charge in [-0.2, -0.15) is 0 Å². The summed E-state index contributed by atoms with van der Waals surface area (Å²) in [5, 5.41) is 3.08. The van der Waals surface area contributed by atoms with Crippen molar-refractivity contribution in [3.8, 4) is 0 Å². The minimum Gasteiger partial charge on any atom is -0.466 e. The van der Waals surface area contributed by atoms with Crippen LogP contribution < -0.4 is 5.32 Å². The van der Waals surface area contributed by atoms with E-state index in [2.05, 4.69) is 29.3 Å². The van der Waals surface area contributed by atoms with Crippen LogP contribution >= 0.6 is 0 Å². The van der Waals surface area contributed by atoms with Gasteiger partial charge in [0.15, 0.2) is 0 Å². The Morgan fingerprint density at radius 2 is 1.77 bits per heavy atom. The zero-order valence-corrected chi connectivity index (χ0v) is 22.5. The Morgan fingerprint density at radius 1 is 1.11 bits per heavy atom. The smallest absolute Gasteiger partial charge is 0.323 e. The van der Waals surface area contributed by atoms with Gasteiger partial charge in [-0.3, -0.25) is 19.3 Å². The SMILES string of the molecule is CCC[C@@H](C(C)NC(C)=O)[C@H](Cc1ccccc1)N1CC(C(=O)OCC)CC1C(=O)OC(C)(C)C. The first-order valence-electron chi connectivity index (χ1n) is 12.9. The maximum atomic E-state index is 13.4. The van der Waals surface area contributed by atoms with Crippen molar-refractivity contribution in [3.05, 3.63) is 35.9 Å². The van der Waals surface area contributed by atoms with Crippen LogP contribution in [-0.4, -0.2) is 59.6 Å². The van der Waals surface area contributed by atoms with Crippen LogP contribution in [0.15, 0.2) is 30.3 Å². The summed E-state index contributed by atoms with van der Waals surface area (Å²) in [5.74, 6) is -0.987. The molecule has 0 saturated carbocycles. The zero-order valence-electron chi connectivity index (χ0n) is 22.5. The summed E-state index contributed by atoms with van der Waals surface area (Å²) in [4.78, 5) is 40.2. The predicted octanol–water partition coefficient (Wildman–Crippen LogP) is 4.13. The van der Waals surface area contributed by atoms with Crippen LogP contribution in [-0.2, 0) is 30.3 Å². The lowest BCUT2D eigenvalue weighted by atomic mass is 9.83. The highest BCUT2D eigenvalue weighted by Crippen LogP contribution is 2.34. The van der Waals surface area contributed by atoms with Gasteiger partial charge in [0.2, 0.25) is 5.91 Å². The summed E-state index contributed by atoms with van der Waals surface area (Å²) in [6.07, 6.45) is 2.88. The minimum atomic E-state index is -0.633. The van der Waals surface area contributed by atoms with Crippen molar-refractivity contribution in [2.45, 2.75) is 97.9 Å². The van der Waals surface area contributed by atoms with Gasteiger partial charge in [-0.15, -0.1) is 0 Å². The second-order valence-corrected chi connectivity index (χ2v) is 10.6. The van der Waals surface area contributed by atoms with Crippen LogP contribution in [0.3, 0.4) is 0 Å². The molecule has 2 rings (SSSR count). The molecule has 1 saturated heterocycles. The summed E-state index contributed by atoms with van der Waals surface area (Å²) >= 11 is 0. The molecule has 5 atom stereocenters.